The first kappa shape index (κ1) is 16.2. The average molecular weight is 350 g/mol. The fourth-order valence-electron chi connectivity index (χ4n) is 2.41. The van der Waals surface area contributed by atoms with Crippen LogP contribution in [0.3, 0.4) is 0 Å². The summed E-state index contributed by atoms with van der Waals surface area (Å²) in [6, 6.07) is 11.4. The molecule has 2 aromatic rings. The van der Waals surface area contributed by atoms with Gasteiger partial charge in [-0.05, 0) is 43.7 Å². The summed E-state index contributed by atoms with van der Waals surface area (Å²) >= 11 is 3.55. The van der Waals surface area contributed by atoms with Gasteiger partial charge in [-0.3, -0.25) is 4.68 Å². The number of hydrogen-bond donors (Lipinski definition) is 1. The molecule has 2 rings (SSSR count). The molecule has 0 aliphatic rings. The Hall–Kier alpha value is -1.13. The predicted octanol–water partition coefficient (Wildman–Crippen LogP) is 4.51. The van der Waals surface area contributed by atoms with Gasteiger partial charge in [0.25, 0.3) is 0 Å². The molecule has 0 saturated carbocycles. The summed E-state index contributed by atoms with van der Waals surface area (Å²) in [6.07, 6.45) is 4.10. The lowest BCUT2D eigenvalue weighted by Gasteiger charge is -2.18. The molecule has 2 unspecified atom stereocenters. The Kier molecular flexibility index (Phi) is 6.00. The van der Waals surface area contributed by atoms with E-state index in [9.17, 15) is 0 Å². The van der Waals surface area contributed by atoms with Crippen molar-refractivity contribution in [1.29, 1.82) is 0 Å². The van der Waals surface area contributed by atoms with Crippen molar-refractivity contribution in [2.75, 3.05) is 6.54 Å². The van der Waals surface area contributed by atoms with Crippen molar-refractivity contribution < 1.29 is 0 Å². The van der Waals surface area contributed by atoms with Crippen LogP contribution in [0.15, 0.2) is 41.0 Å². The summed E-state index contributed by atoms with van der Waals surface area (Å²) in [5.41, 5.74) is 2.44. The van der Waals surface area contributed by atoms with Crippen molar-refractivity contribution in [3.05, 3.63) is 52.3 Å². The molecule has 114 valence electrons. The first-order chi connectivity index (χ1) is 10.1. The Balaban J connectivity index is 2.14. The largest absolute Gasteiger partial charge is 0.310 e. The van der Waals surface area contributed by atoms with Crippen LogP contribution in [0.1, 0.15) is 50.5 Å². The van der Waals surface area contributed by atoms with Crippen molar-refractivity contribution in [1.82, 2.24) is 15.1 Å². The van der Waals surface area contributed by atoms with Crippen LogP contribution in [0.25, 0.3) is 0 Å². The number of nitrogens with one attached hydrogen (secondary N) is 1. The van der Waals surface area contributed by atoms with E-state index in [1.807, 2.05) is 0 Å². The second-order valence-electron chi connectivity index (χ2n) is 5.41. The lowest BCUT2D eigenvalue weighted by atomic mass is 10.0. The third-order valence-electron chi connectivity index (χ3n) is 3.82. The number of rotatable bonds is 7. The van der Waals surface area contributed by atoms with Gasteiger partial charge in [0, 0.05) is 29.2 Å². The predicted molar refractivity (Wildman–Crippen MR) is 91.5 cm³/mol. The van der Waals surface area contributed by atoms with Gasteiger partial charge < -0.3 is 5.32 Å². The molecule has 4 heteroatoms. The first-order valence-corrected chi connectivity index (χ1v) is 8.46. The Morgan fingerprint density at radius 3 is 2.76 bits per heavy atom. The minimum absolute atomic E-state index is 0.299. The molecule has 1 N–H and O–H groups in total. The van der Waals surface area contributed by atoms with E-state index in [1.165, 1.54) is 5.56 Å². The molecule has 3 nitrogen and oxygen atoms in total. The fraction of sp³-hybridized carbons (Fsp3) is 0.471. The highest BCUT2D eigenvalue weighted by Gasteiger charge is 2.14. The number of likely N-dealkylation sites (N-methyl/N-ethyl adjacent to an activating group) is 1. The van der Waals surface area contributed by atoms with Gasteiger partial charge in [0.2, 0.25) is 0 Å². The maximum Gasteiger partial charge on any atom is 0.0643 e. The number of hydrogen-bond acceptors (Lipinski definition) is 2. The molecule has 0 radical (unpaired) electrons. The van der Waals surface area contributed by atoms with E-state index in [-0.39, 0.29) is 0 Å². The van der Waals surface area contributed by atoms with E-state index in [0.29, 0.717) is 12.1 Å². The molecule has 0 aliphatic carbocycles. The van der Waals surface area contributed by atoms with Gasteiger partial charge in [0.15, 0.2) is 0 Å². The molecular weight excluding hydrogens is 326 g/mol. The molecule has 21 heavy (non-hydrogen) atoms. The Morgan fingerprint density at radius 2 is 2.10 bits per heavy atom. The molecule has 1 aromatic carbocycles. The van der Waals surface area contributed by atoms with E-state index in [2.05, 4.69) is 83.2 Å². The lowest BCUT2D eigenvalue weighted by molar-refractivity contribution is 0.467. The van der Waals surface area contributed by atoms with Crippen LogP contribution < -0.4 is 5.32 Å². The van der Waals surface area contributed by atoms with E-state index >= 15 is 0 Å². The normalized spacial score (nSPS) is 14.1. The summed E-state index contributed by atoms with van der Waals surface area (Å²) in [4.78, 5) is 0. The van der Waals surface area contributed by atoms with Crippen molar-refractivity contribution >= 4 is 15.9 Å². The molecule has 1 aromatic heterocycles. The van der Waals surface area contributed by atoms with Crippen LogP contribution in [0.2, 0.25) is 0 Å². The highest BCUT2D eigenvalue weighted by molar-refractivity contribution is 9.10. The first-order valence-electron chi connectivity index (χ1n) is 7.66. The van der Waals surface area contributed by atoms with Crippen molar-refractivity contribution in [2.24, 2.45) is 0 Å². The second kappa shape index (κ2) is 7.76. The van der Waals surface area contributed by atoms with E-state index in [0.717, 1.165) is 29.6 Å². The van der Waals surface area contributed by atoms with Crippen LogP contribution in [0, 0.1) is 0 Å². The third-order valence-corrected chi connectivity index (χ3v) is 4.31. The number of benzene rings is 1. The maximum atomic E-state index is 4.72. The molecule has 0 amide bonds. The van der Waals surface area contributed by atoms with Gasteiger partial charge in [-0.1, -0.05) is 41.9 Å². The van der Waals surface area contributed by atoms with E-state index in [4.69, 9.17) is 5.10 Å². The van der Waals surface area contributed by atoms with Crippen LogP contribution in [0.5, 0.6) is 0 Å². The van der Waals surface area contributed by atoms with Gasteiger partial charge in [-0.15, -0.1) is 0 Å². The maximum absolute atomic E-state index is 4.72. The zero-order chi connectivity index (χ0) is 15.2. The molecule has 1 heterocycles. The van der Waals surface area contributed by atoms with Crippen molar-refractivity contribution in [3.8, 4) is 0 Å². The molecule has 0 saturated heterocycles. The summed E-state index contributed by atoms with van der Waals surface area (Å²) in [5, 5.41) is 8.27. The van der Waals surface area contributed by atoms with E-state index in [1.54, 1.807) is 0 Å². The fourth-order valence-corrected chi connectivity index (χ4v) is 2.82. The molecule has 0 bridgehead atoms. The third kappa shape index (κ3) is 4.42. The second-order valence-corrected chi connectivity index (χ2v) is 6.33. The lowest BCUT2D eigenvalue weighted by Crippen LogP contribution is -2.23. The zero-order valence-corrected chi connectivity index (χ0v) is 14.6. The number of nitrogens with zero attached hydrogens (tertiary/aromatic N) is 2. The Labute approximate surface area is 135 Å². The number of aromatic nitrogens is 2. The minimum Gasteiger partial charge on any atom is -0.310 e. The summed E-state index contributed by atoms with van der Waals surface area (Å²) < 4.78 is 3.19. The highest BCUT2D eigenvalue weighted by atomic mass is 79.9. The molecule has 0 spiro atoms. The smallest absolute Gasteiger partial charge is 0.0643 e. The number of halogens is 1. The topological polar surface area (TPSA) is 29.9 Å². The van der Waals surface area contributed by atoms with Gasteiger partial charge in [0.05, 0.1) is 5.69 Å². The van der Waals surface area contributed by atoms with Crippen LogP contribution in [-0.4, -0.2) is 16.3 Å². The SMILES string of the molecule is CCNC(Cc1ccn(C(C)CC)n1)c1cccc(Br)c1. The van der Waals surface area contributed by atoms with Crippen LogP contribution in [-0.2, 0) is 6.42 Å². The van der Waals surface area contributed by atoms with Crippen molar-refractivity contribution in [2.45, 2.75) is 45.7 Å². The Bertz CT molecular complexity index is 565. The summed E-state index contributed by atoms with van der Waals surface area (Å²) in [7, 11) is 0. The molecule has 0 fully saturated rings. The van der Waals surface area contributed by atoms with Gasteiger partial charge >= 0.3 is 0 Å². The molecule has 0 aliphatic heterocycles. The van der Waals surface area contributed by atoms with Crippen LogP contribution in [0.4, 0.5) is 0 Å². The quantitative estimate of drug-likeness (QED) is 0.796. The minimum atomic E-state index is 0.299. The molecule has 2 atom stereocenters. The van der Waals surface area contributed by atoms with Gasteiger partial charge in [-0.25, -0.2) is 0 Å². The monoisotopic (exact) mass is 349 g/mol. The highest BCUT2D eigenvalue weighted by Crippen LogP contribution is 2.22. The standard InChI is InChI=1S/C17H24BrN3/c1-4-13(3)21-10-9-16(20-21)12-17(19-5-2)14-7-6-8-15(18)11-14/h6-11,13,17,19H,4-5,12H2,1-3H3. The summed E-state index contributed by atoms with van der Waals surface area (Å²) in [6.45, 7) is 7.48. The van der Waals surface area contributed by atoms with Gasteiger partial charge in [-0.2, -0.15) is 5.10 Å². The van der Waals surface area contributed by atoms with Crippen molar-refractivity contribution in [3.63, 3.8) is 0 Å². The van der Waals surface area contributed by atoms with Crippen LogP contribution >= 0.6 is 15.9 Å². The van der Waals surface area contributed by atoms with Gasteiger partial charge in [0.1, 0.15) is 0 Å². The zero-order valence-electron chi connectivity index (χ0n) is 13.0. The Morgan fingerprint density at radius 1 is 1.29 bits per heavy atom. The average Bonchev–Trinajstić information content (AvgIpc) is 2.94. The molecular formula is C17H24BrN3. The summed E-state index contributed by atoms with van der Waals surface area (Å²) in [5.74, 6) is 0. The van der Waals surface area contributed by atoms with E-state index < -0.39 is 0 Å².